The topological polar surface area (TPSA) is 3.88 Å². The molecule has 132 valence electrons. The lowest BCUT2D eigenvalue weighted by Gasteiger charge is -2.05. The maximum absolute atomic E-state index is 2.44. The molecule has 1 aromatic rings. The van der Waals surface area contributed by atoms with Crippen molar-refractivity contribution in [2.75, 3.05) is 0 Å². The van der Waals surface area contributed by atoms with Crippen LogP contribution in [0.5, 0.6) is 0 Å². The third kappa shape index (κ3) is 9.13. The summed E-state index contributed by atoms with van der Waals surface area (Å²) in [7, 11) is 0. The lowest BCUT2D eigenvalue weighted by atomic mass is 10.1. The first-order valence-corrected chi connectivity index (χ1v) is 10.3. The van der Waals surface area contributed by atoms with Crippen molar-refractivity contribution in [1.82, 2.24) is 0 Å². The van der Waals surface area contributed by atoms with Crippen LogP contribution < -0.4 is 4.57 Å². The van der Waals surface area contributed by atoms with Crippen LogP contribution in [0.15, 0.2) is 18.3 Å². The second-order valence-electron chi connectivity index (χ2n) is 7.05. The number of hydrogen-bond donors (Lipinski definition) is 0. The van der Waals surface area contributed by atoms with Crippen molar-refractivity contribution in [3.05, 3.63) is 29.6 Å². The van der Waals surface area contributed by atoms with Gasteiger partial charge in [0.05, 0.1) is 0 Å². The van der Waals surface area contributed by atoms with Crippen molar-refractivity contribution >= 4 is 0 Å². The van der Waals surface area contributed by atoms with Gasteiger partial charge in [-0.3, -0.25) is 0 Å². The summed E-state index contributed by atoms with van der Waals surface area (Å²) in [6.07, 6.45) is 20.5. The lowest BCUT2D eigenvalue weighted by Crippen LogP contribution is -2.37. The predicted octanol–water partition coefficient (Wildman–Crippen LogP) is 6.55. The molecule has 0 radical (unpaired) electrons. The Labute approximate surface area is 145 Å². The second kappa shape index (κ2) is 13.6. The van der Waals surface area contributed by atoms with Crippen LogP contribution >= 0.6 is 0 Å². The van der Waals surface area contributed by atoms with E-state index in [2.05, 4.69) is 43.7 Å². The first kappa shape index (κ1) is 20.2. The maximum atomic E-state index is 2.44. The molecule has 0 aliphatic rings. The number of hydrogen-bond acceptors (Lipinski definition) is 0. The fraction of sp³-hybridized carbons (Fsp3) is 0.773. The highest BCUT2D eigenvalue weighted by Crippen LogP contribution is 2.12. The first-order chi connectivity index (χ1) is 11.3. The molecule has 0 spiro atoms. The Morgan fingerprint density at radius 2 is 1.26 bits per heavy atom. The first-order valence-electron chi connectivity index (χ1n) is 10.3. The predicted molar refractivity (Wildman–Crippen MR) is 102 cm³/mol. The summed E-state index contributed by atoms with van der Waals surface area (Å²) in [4.78, 5) is 0. The van der Waals surface area contributed by atoms with Gasteiger partial charge in [0, 0.05) is 25.0 Å². The number of aryl methyl sites for hydroxylation is 2. The molecule has 1 heteroatoms. The molecule has 1 rings (SSSR count). The van der Waals surface area contributed by atoms with Crippen molar-refractivity contribution < 1.29 is 4.57 Å². The molecule has 0 N–H and O–H groups in total. The van der Waals surface area contributed by atoms with Gasteiger partial charge in [-0.1, -0.05) is 78.1 Å². The van der Waals surface area contributed by atoms with Gasteiger partial charge in [-0.05, 0) is 18.9 Å². The van der Waals surface area contributed by atoms with Crippen LogP contribution in [0.25, 0.3) is 0 Å². The summed E-state index contributed by atoms with van der Waals surface area (Å²) in [6, 6.07) is 4.46. The van der Waals surface area contributed by atoms with E-state index in [1.54, 1.807) is 0 Å². The number of pyridine rings is 1. The molecule has 1 aromatic heterocycles. The minimum absolute atomic E-state index is 1.14. The van der Waals surface area contributed by atoms with Crippen LogP contribution in [-0.2, 0) is 13.0 Å². The van der Waals surface area contributed by atoms with Gasteiger partial charge in [0.25, 0.3) is 0 Å². The molecular formula is C22H40N+. The van der Waals surface area contributed by atoms with Crippen LogP contribution in [-0.4, -0.2) is 0 Å². The summed E-state index contributed by atoms with van der Waals surface area (Å²) in [6.45, 7) is 7.99. The van der Waals surface area contributed by atoms with Gasteiger partial charge in [0.15, 0.2) is 11.9 Å². The zero-order valence-corrected chi connectivity index (χ0v) is 16.1. The Balaban J connectivity index is 1.96. The second-order valence-corrected chi connectivity index (χ2v) is 7.05. The largest absolute Gasteiger partial charge is 0.202 e. The SMILES string of the molecule is CCCCCCCCCCCCCC[n+]1cccc(CC)c1C. The molecule has 0 aliphatic heterocycles. The van der Waals surface area contributed by atoms with Gasteiger partial charge in [-0.25, -0.2) is 4.57 Å². The van der Waals surface area contributed by atoms with E-state index in [4.69, 9.17) is 0 Å². The van der Waals surface area contributed by atoms with E-state index in [1.165, 1.54) is 94.9 Å². The van der Waals surface area contributed by atoms with Crippen molar-refractivity contribution in [2.45, 2.75) is 111 Å². The third-order valence-electron chi connectivity index (χ3n) is 5.09. The van der Waals surface area contributed by atoms with E-state index >= 15 is 0 Å². The van der Waals surface area contributed by atoms with E-state index in [0.29, 0.717) is 0 Å². The molecule has 0 aromatic carbocycles. The average molecular weight is 319 g/mol. The van der Waals surface area contributed by atoms with E-state index in [9.17, 15) is 0 Å². The van der Waals surface area contributed by atoms with Crippen LogP contribution in [0.3, 0.4) is 0 Å². The van der Waals surface area contributed by atoms with Gasteiger partial charge in [-0.2, -0.15) is 0 Å². The van der Waals surface area contributed by atoms with Crippen LogP contribution in [0.1, 0.15) is 102 Å². The molecule has 0 amide bonds. The highest BCUT2D eigenvalue weighted by Gasteiger charge is 2.08. The molecule has 0 saturated carbocycles. The smallest absolute Gasteiger partial charge is 0.181 e. The fourth-order valence-corrected chi connectivity index (χ4v) is 3.42. The van der Waals surface area contributed by atoms with Gasteiger partial charge in [0.2, 0.25) is 0 Å². The highest BCUT2D eigenvalue weighted by molar-refractivity contribution is 5.13. The Morgan fingerprint density at radius 1 is 0.739 bits per heavy atom. The quantitative estimate of drug-likeness (QED) is 0.270. The zero-order valence-electron chi connectivity index (χ0n) is 16.1. The van der Waals surface area contributed by atoms with Crippen LogP contribution in [0.2, 0.25) is 0 Å². The fourth-order valence-electron chi connectivity index (χ4n) is 3.42. The summed E-state index contributed by atoms with van der Waals surface area (Å²) < 4.78 is 2.44. The molecule has 1 nitrogen and oxygen atoms in total. The molecule has 0 saturated heterocycles. The molecule has 0 fully saturated rings. The average Bonchev–Trinajstić information content (AvgIpc) is 2.57. The van der Waals surface area contributed by atoms with Crippen molar-refractivity contribution in [3.8, 4) is 0 Å². The van der Waals surface area contributed by atoms with Crippen molar-refractivity contribution in [3.63, 3.8) is 0 Å². The Hall–Kier alpha value is -0.850. The van der Waals surface area contributed by atoms with E-state index in [-0.39, 0.29) is 0 Å². The zero-order chi connectivity index (χ0) is 16.8. The van der Waals surface area contributed by atoms with E-state index in [0.717, 1.165) is 6.42 Å². The standard InChI is InChI=1S/C22H40N/c1-4-6-7-8-9-10-11-12-13-14-15-16-19-23-20-17-18-22(5-2)21(23)3/h17-18,20H,4-16,19H2,1-3H3/q+1. The Kier molecular flexibility index (Phi) is 11.9. The third-order valence-corrected chi connectivity index (χ3v) is 5.09. The molecule has 0 atom stereocenters. The monoisotopic (exact) mass is 318 g/mol. The summed E-state index contributed by atoms with van der Waals surface area (Å²) >= 11 is 0. The molecule has 0 unspecified atom stereocenters. The van der Waals surface area contributed by atoms with Crippen molar-refractivity contribution in [1.29, 1.82) is 0 Å². The molecular weight excluding hydrogens is 278 g/mol. The van der Waals surface area contributed by atoms with Crippen LogP contribution in [0, 0.1) is 6.92 Å². The Bertz CT molecular complexity index is 397. The number of aromatic nitrogens is 1. The number of rotatable bonds is 14. The van der Waals surface area contributed by atoms with E-state index < -0.39 is 0 Å². The normalized spacial score (nSPS) is 11.1. The lowest BCUT2D eigenvalue weighted by molar-refractivity contribution is -0.703. The summed E-state index contributed by atoms with van der Waals surface area (Å²) in [5.41, 5.74) is 2.95. The maximum Gasteiger partial charge on any atom is 0.181 e. The minimum Gasteiger partial charge on any atom is -0.202 e. The molecule has 23 heavy (non-hydrogen) atoms. The summed E-state index contributed by atoms with van der Waals surface area (Å²) in [5, 5.41) is 0. The molecule has 1 heterocycles. The minimum atomic E-state index is 1.14. The highest BCUT2D eigenvalue weighted by atomic mass is 14.9. The van der Waals surface area contributed by atoms with Gasteiger partial charge >= 0.3 is 0 Å². The van der Waals surface area contributed by atoms with Crippen LogP contribution in [0.4, 0.5) is 0 Å². The molecule has 0 bridgehead atoms. The van der Waals surface area contributed by atoms with Gasteiger partial charge in [-0.15, -0.1) is 0 Å². The van der Waals surface area contributed by atoms with Gasteiger partial charge in [0.1, 0.15) is 6.54 Å². The number of unbranched alkanes of at least 4 members (excludes halogenated alkanes) is 11. The van der Waals surface area contributed by atoms with Crippen molar-refractivity contribution in [2.24, 2.45) is 0 Å². The van der Waals surface area contributed by atoms with Gasteiger partial charge < -0.3 is 0 Å². The summed E-state index contributed by atoms with van der Waals surface area (Å²) in [5.74, 6) is 0. The molecule has 0 aliphatic carbocycles. The number of nitrogens with zero attached hydrogens (tertiary/aromatic N) is 1. The van der Waals surface area contributed by atoms with E-state index in [1.807, 2.05) is 0 Å². The Morgan fingerprint density at radius 3 is 1.78 bits per heavy atom.